The molecule has 3 rings (SSSR count). The Morgan fingerprint density at radius 1 is 1.12 bits per heavy atom. The van der Waals surface area contributed by atoms with Crippen LogP contribution < -0.4 is 10.6 Å². The Kier molecular flexibility index (Phi) is 5.00. The van der Waals surface area contributed by atoms with E-state index in [1.165, 1.54) is 28.9 Å². The maximum atomic E-state index is 12.6. The molecule has 5 heteroatoms. The summed E-state index contributed by atoms with van der Waals surface area (Å²) in [5.41, 5.74) is 3.49. The summed E-state index contributed by atoms with van der Waals surface area (Å²) in [6.45, 7) is 3.86. The number of amides is 2. The second kappa shape index (κ2) is 7.18. The molecule has 1 heterocycles. The molecule has 1 atom stereocenters. The second-order valence-corrected chi connectivity index (χ2v) is 7.45. The summed E-state index contributed by atoms with van der Waals surface area (Å²) in [4.78, 5) is 25.5. The summed E-state index contributed by atoms with van der Waals surface area (Å²) < 4.78 is 0. The molecule has 1 aromatic heterocycles. The SMILES string of the molecule is CC(C)[C@@H](NC(=O)c1cccs1)C(=O)Nc1ccc2c(c1)CCC2. The van der Waals surface area contributed by atoms with Crippen LogP contribution in [0.15, 0.2) is 35.7 Å². The Bertz CT molecular complexity index is 738. The lowest BCUT2D eigenvalue weighted by Gasteiger charge is -2.21. The summed E-state index contributed by atoms with van der Waals surface area (Å²) in [5.74, 6) is -0.371. The Morgan fingerprint density at radius 2 is 1.92 bits per heavy atom. The molecule has 0 bridgehead atoms. The van der Waals surface area contributed by atoms with Crippen LogP contribution in [-0.4, -0.2) is 17.9 Å². The van der Waals surface area contributed by atoms with Crippen LogP contribution >= 0.6 is 11.3 Å². The number of rotatable bonds is 5. The largest absolute Gasteiger partial charge is 0.339 e. The first kappa shape index (κ1) is 16.7. The fourth-order valence-electron chi connectivity index (χ4n) is 3.02. The van der Waals surface area contributed by atoms with Crippen LogP contribution in [0.5, 0.6) is 0 Å². The molecule has 0 radical (unpaired) electrons. The average Bonchev–Trinajstić information content (AvgIpc) is 3.22. The van der Waals surface area contributed by atoms with Crippen molar-refractivity contribution in [1.82, 2.24) is 5.32 Å². The standard InChI is InChI=1S/C19H22N2O2S/c1-12(2)17(21-18(22)16-7-4-10-24-16)19(23)20-15-9-8-13-5-3-6-14(13)11-15/h4,7-12,17H,3,5-6H2,1-2H3,(H,20,23)(H,21,22)/t17-/m1/s1. The molecule has 0 aliphatic heterocycles. The van der Waals surface area contributed by atoms with Crippen molar-refractivity contribution in [2.45, 2.75) is 39.2 Å². The predicted molar refractivity (Wildman–Crippen MR) is 97.5 cm³/mol. The fraction of sp³-hybridized carbons (Fsp3) is 0.368. The minimum atomic E-state index is -0.562. The molecule has 2 aromatic rings. The Labute approximate surface area is 146 Å². The monoisotopic (exact) mass is 342 g/mol. The molecule has 0 saturated heterocycles. The highest BCUT2D eigenvalue weighted by Crippen LogP contribution is 2.25. The molecule has 0 saturated carbocycles. The van der Waals surface area contributed by atoms with Crippen molar-refractivity contribution < 1.29 is 9.59 Å². The van der Waals surface area contributed by atoms with Gasteiger partial charge in [-0.15, -0.1) is 11.3 Å². The van der Waals surface area contributed by atoms with Crippen LogP contribution in [-0.2, 0) is 17.6 Å². The van der Waals surface area contributed by atoms with Gasteiger partial charge in [-0.1, -0.05) is 26.0 Å². The Balaban J connectivity index is 1.69. The van der Waals surface area contributed by atoms with Crippen LogP contribution in [0.1, 0.15) is 41.1 Å². The van der Waals surface area contributed by atoms with Gasteiger partial charge in [-0.3, -0.25) is 9.59 Å². The molecule has 0 fully saturated rings. The Morgan fingerprint density at radius 3 is 2.62 bits per heavy atom. The van der Waals surface area contributed by atoms with Gasteiger partial charge < -0.3 is 10.6 Å². The van der Waals surface area contributed by atoms with Gasteiger partial charge in [-0.05, 0) is 59.9 Å². The van der Waals surface area contributed by atoms with Gasteiger partial charge in [0.1, 0.15) is 6.04 Å². The van der Waals surface area contributed by atoms with E-state index in [1.54, 1.807) is 6.07 Å². The quantitative estimate of drug-likeness (QED) is 0.872. The number of aryl methyl sites for hydroxylation is 2. The van der Waals surface area contributed by atoms with Gasteiger partial charge in [-0.25, -0.2) is 0 Å². The molecular formula is C19H22N2O2S. The average molecular weight is 342 g/mol. The third-order valence-corrected chi connectivity index (χ3v) is 5.22. The van der Waals surface area contributed by atoms with Gasteiger partial charge in [0.25, 0.3) is 5.91 Å². The molecule has 0 spiro atoms. The lowest BCUT2D eigenvalue weighted by molar-refractivity contribution is -0.118. The first-order valence-electron chi connectivity index (χ1n) is 8.31. The van der Waals surface area contributed by atoms with Crippen molar-refractivity contribution in [3.05, 3.63) is 51.7 Å². The third kappa shape index (κ3) is 3.67. The van der Waals surface area contributed by atoms with E-state index in [4.69, 9.17) is 0 Å². The van der Waals surface area contributed by atoms with Crippen molar-refractivity contribution >= 4 is 28.8 Å². The highest BCUT2D eigenvalue weighted by Gasteiger charge is 2.25. The van der Waals surface area contributed by atoms with Gasteiger partial charge in [0.05, 0.1) is 4.88 Å². The molecular weight excluding hydrogens is 320 g/mol. The topological polar surface area (TPSA) is 58.2 Å². The minimum Gasteiger partial charge on any atom is -0.339 e. The van der Waals surface area contributed by atoms with Crippen molar-refractivity contribution in [3.8, 4) is 0 Å². The first-order chi connectivity index (χ1) is 11.5. The number of hydrogen-bond acceptors (Lipinski definition) is 3. The fourth-order valence-corrected chi connectivity index (χ4v) is 3.65. The van der Waals surface area contributed by atoms with Gasteiger partial charge in [0, 0.05) is 5.69 Å². The van der Waals surface area contributed by atoms with Gasteiger partial charge >= 0.3 is 0 Å². The molecule has 24 heavy (non-hydrogen) atoms. The normalized spacial score (nSPS) is 14.3. The van der Waals surface area contributed by atoms with E-state index in [0.29, 0.717) is 4.88 Å². The van der Waals surface area contributed by atoms with Crippen LogP contribution in [0.3, 0.4) is 0 Å². The molecule has 126 valence electrons. The minimum absolute atomic E-state index is 0.00309. The first-order valence-corrected chi connectivity index (χ1v) is 9.19. The number of carbonyl (C=O) groups excluding carboxylic acids is 2. The molecule has 2 amide bonds. The smallest absolute Gasteiger partial charge is 0.262 e. The van der Waals surface area contributed by atoms with E-state index in [9.17, 15) is 9.59 Å². The van der Waals surface area contributed by atoms with Crippen LogP contribution in [0.2, 0.25) is 0 Å². The highest BCUT2D eigenvalue weighted by atomic mass is 32.1. The second-order valence-electron chi connectivity index (χ2n) is 6.50. The molecule has 1 aliphatic rings. The van der Waals surface area contributed by atoms with E-state index in [1.807, 2.05) is 31.4 Å². The summed E-state index contributed by atoms with van der Waals surface area (Å²) in [7, 11) is 0. The number of fused-ring (bicyclic) bond motifs is 1. The van der Waals surface area contributed by atoms with Crippen LogP contribution in [0.4, 0.5) is 5.69 Å². The summed E-state index contributed by atoms with van der Waals surface area (Å²) in [5, 5.41) is 7.66. The zero-order chi connectivity index (χ0) is 17.1. The van der Waals surface area contributed by atoms with Gasteiger partial charge in [0.2, 0.25) is 5.91 Å². The van der Waals surface area contributed by atoms with Crippen LogP contribution in [0.25, 0.3) is 0 Å². The van der Waals surface area contributed by atoms with Crippen LogP contribution in [0, 0.1) is 5.92 Å². The lowest BCUT2D eigenvalue weighted by atomic mass is 10.0. The lowest BCUT2D eigenvalue weighted by Crippen LogP contribution is -2.46. The summed E-state index contributed by atoms with van der Waals surface area (Å²) in [6.07, 6.45) is 3.37. The van der Waals surface area contributed by atoms with E-state index in [-0.39, 0.29) is 17.7 Å². The maximum Gasteiger partial charge on any atom is 0.262 e. The van der Waals surface area contributed by atoms with Crippen molar-refractivity contribution in [3.63, 3.8) is 0 Å². The van der Waals surface area contributed by atoms with Gasteiger partial charge in [-0.2, -0.15) is 0 Å². The maximum absolute atomic E-state index is 12.6. The van der Waals surface area contributed by atoms with E-state index >= 15 is 0 Å². The molecule has 1 aromatic carbocycles. The molecule has 1 aliphatic carbocycles. The van der Waals surface area contributed by atoms with Crippen molar-refractivity contribution in [1.29, 1.82) is 0 Å². The Hall–Kier alpha value is -2.14. The zero-order valence-corrected chi connectivity index (χ0v) is 14.8. The number of benzene rings is 1. The van der Waals surface area contributed by atoms with Gasteiger partial charge in [0.15, 0.2) is 0 Å². The number of hydrogen-bond donors (Lipinski definition) is 2. The molecule has 4 nitrogen and oxygen atoms in total. The van der Waals surface area contributed by atoms with E-state index in [2.05, 4.69) is 22.8 Å². The summed E-state index contributed by atoms with van der Waals surface area (Å²) in [6, 6.07) is 9.11. The van der Waals surface area contributed by atoms with E-state index in [0.717, 1.165) is 18.5 Å². The predicted octanol–water partition coefficient (Wildman–Crippen LogP) is 3.63. The highest BCUT2D eigenvalue weighted by molar-refractivity contribution is 7.12. The van der Waals surface area contributed by atoms with Crippen molar-refractivity contribution in [2.24, 2.45) is 5.92 Å². The number of thiophene rings is 1. The van der Waals surface area contributed by atoms with Crippen molar-refractivity contribution in [2.75, 3.05) is 5.32 Å². The van der Waals surface area contributed by atoms with E-state index < -0.39 is 6.04 Å². The number of anilines is 1. The third-order valence-electron chi connectivity index (χ3n) is 4.35. The zero-order valence-electron chi connectivity index (χ0n) is 14.0. The molecule has 2 N–H and O–H groups in total. The number of carbonyl (C=O) groups is 2. The number of nitrogens with one attached hydrogen (secondary N) is 2. The summed E-state index contributed by atoms with van der Waals surface area (Å²) >= 11 is 1.37. The molecule has 0 unspecified atom stereocenters.